The zero-order chi connectivity index (χ0) is 27.5. The fourth-order valence-electron chi connectivity index (χ4n) is 3.41. The summed E-state index contributed by atoms with van der Waals surface area (Å²) in [7, 11) is 3.58. The molecular formula is C26H27F4N4O2P. The maximum Gasteiger partial charge on any atom is 0.255 e. The number of benzene rings is 1. The van der Waals surface area contributed by atoms with Gasteiger partial charge in [-0.15, -0.1) is 0 Å². The number of likely N-dealkylation sites (N-methyl/N-ethyl adjacent to an activating group) is 1. The number of hydrogen-bond acceptors (Lipinski definition) is 5. The molecule has 0 aliphatic carbocycles. The molecule has 1 amide bonds. The molecule has 0 saturated carbocycles. The van der Waals surface area contributed by atoms with Crippen molar-refractivity contribution in [3.05, 3.63) is 88.8 Å². The number of pyridine rings is 2. The minimum absolute atomic E-state index is 0.0200. The molecule has 2 heterocycles. The van der Waals surface area contributed by atoms with Crippen LogP contribution in [0.3, 0.4) is 0 Å². The van der Waals surface area contributed by atoms with Crippen molar-refractivity contribution in [1.82, 2.24) is 15.3 Å². The van der Waals surface area contributed by atoms with Gasteiger partial charge in [-0.05, 0) is 63.7 Å². The normalized spacial score (nSPS) is 14.1. The quantitative estimate of drug-likeness (QED) is 0.116. The highest BCUT2D eigenvalue weighted by Crippen LogP contribution is 2.35. The van der Waals surface area contributed by atoms with Gasteiger partial charge in [0.25, 0.3) is 5.91 Å². The number of halogens is 4. The second-order valence-corrected chi connectivity index (χ2v) is 10.2. The van der Waals surface area contributed by atoms with E-state index in [1.165, 1.54) is 43.5 Å². The molecule has 0 aliphatic heterocycles. The summed E-state index contributed by atoms with van der Waals surface area (Å²) in [6, 6.07) is 8.76. The zero-order valence-electron chi connectivity index (χ0n) is 20.7. The Hall–Kier alpha value is -3.36. The van der Waals surface area contributed by atoms with Crippen LogP contribution in [0.5, 0.6) is 0 Å². The van der Waals surface area contributed by atoms with Crippen molar-refractivity contribution in [3.63, 3.8) is 0 Å². The monoisotopic (exact) mass is 534 g/mol. The molecule has 0 radical (unpaired) electrons. The third-order valence-corrected chi connectivity index (χ3v) is 6.12. The number of amides is 1. The zero-order valence-corrected chi connectivity index (χ0v) is 21.8. The lowest BCUT2D eigenvalue weighted by atomic mass is 9.93. The van der Waals surface area contributed by atoms with Crippen molar-refractivity contribution in [2.45, 2.75) is 38.1 Å². The third kappa shape index (κ3) is 6.50. The summed E-state index contributed by atoms with van der Waals surface area (Å²) in [6.07, 6.45) is 0.745. The number of nitrogens with zero attached hydrogens (tertiary/aromatic N) is 2. The number of aliphatic hydroxyl groups excluding tert-OH is 1. The van der Waals surface area contributed by atoms with Crippen LogP contribution in [-0.4, -0.2) is 33.6 Å². The van der Waals surface area contributed by atoms with E-state index < -0.39 is 46.6 Å². The molecule has 3 rings (SSSR count). The van der Waals surface area contributed by atoms with Crippen molar-refractivity contribution in [2.75, 3.05) is 12.4 Å². The van der Waals surface area contributed by atoms with Crippen molar-refractivity contribution in [1.29, 1.82) is 0 Å². The number of aliphatic hydroxyl groups is 1. The van der Waals surface area contributed by atoms with Crippen LogP contribution in [0.4, 0.5) is 23.2 Å². The van der Waals surface area contributed by atoms with Gasteiger partial charge in [0.1, 0.15) is 5.76 Å². The van der Waals surface area contributed by atoms with Crippen molar-refractivity contribution >= 4 is 20.8 Å². The number of nitrogens with one attached hydrogen (secondary N) is 2. The van der Waals surface area contributed by atoms with Gasteiger partial charge in [0, 0.05) is 18.2 Å². The minimum Gasteiger partial charge on any atom is -0.510 e. The molecule has 0 fully saturated rings. The first-order valence-electron chi connectivity index (χ1n) is 11.2. The van der Waals surface area contributed by atoms with Gasteiger partial charge >= 0.3 is 0 Å². The molecule has 1 aromatic carbocycles. The topological polar surface area (TPSA) is 87.1 Å². The number of anilines is 1. The molecule has 0 saturated heterocycles. The summed E-state index contributed by atoms with van der Waals surface area (Å²) < 4.78 is 56.3. The largest absolute Gasteiger partial charge is 0.510 e. The molecule has 196 valence electrons. The number of carbonyl (C=O) groups is 1. The van der Waals surface area contributed by atoms with Crippen LogP contribution < -0.4 is 10.6 Å². The summed E-state index contributed by atoms with van der Waals surface area (Å²) in [5, 5.41) is 14.6. The highest BCUT2D eigenvalue weighted by Gasteiger charge is 2.30. The number of hydrogen-bond donors (Lipinski definition) is 3. The Morgan fingerprint density at radius 1 is 1.08 bits per heavy atom. The van der Waals surface area contributed by atoms with Gasteiger partial charge in [-0.1, -0.05) is 21.4 Å². The molecule has 6 nitrogen and oxygen atoms in total. The smallest absolute Gasteiger partial charge is 0.255 e. The Kier molecular flexibility index (Phi) is 8.35. The molecule has 2 unspecified atom stereocenters. The summed E-state index contributed by atoms with van der Waals surface area (Å²) in [5.41, 5.74) is -0.982. The second kappa shape index (κ2) is 10.9. The van der Waals surface area contributed by atoms with Gasteiger partial charge in [0.15, 0.2) is 17.0 Å². The van der Waals surface area contributed by atoms with E-state index in [1.807, 2.05) is 9.24 Å². The fourth-order valence-corrected chi connectivity index (χ4v) is 3.57. The van der Waals surface area contributed by atoms with Crippen LogP contribution in [0, 0.1) is 17.6 Å². The van der Waals surface area contributed by atoms with Gasteiger partial charge in [0.05, 0.1) is 28.2 Å². The molecule has 3 N–H and O–H groups in total. The SMILES string of the molecule is CNC(C)(C)/C(O)=C(\Cc1cccc(F)c1F)C(=O)Nc1ccc(C(C)(F)P)nc1-c1ccc(F)nc1. The Bertz CT molecular complexity index is 1340. The van der Waals surface area contributed by atoms with Gasteiger partial charge < -0.3 is 15.7 Å². The summed E-state index contributed by atoms with van der Waals surface area (Å²) >= 11 is 0. The minimum atomic E-state index is -1.90. The fraction of sp³-hybridized carbons (Fsp3) is 0.269. The van der Waals surface area contributed by atoms with Crippen LogP contribution in [0.25, 0.3) is 11.3 Å². The lowest BCUT2D eigenvalue weighted by molar-refractivity contribution is -0.113. The van der Waals surface area contributed by atoms with Gasteiger partial charge in [-0.25, -0.2) is 23.1 Å². The molecular weight excluding hydrogens is 507 g/mol. The number of alkyl halides is 1. The van der Waals surface area contributed by atoms with Gasteiger partial charge in [-0.2, -0.15) is 4.39 Å². The van der Waals surface area contributed by atoms with Gasteiger partial charge in [-0.3, -0.25) is 4.79 Å². The molecule has 2 aromatic heterocycles. The maximum atomic E-state index is 14.6. The van der Waals surface area contributed by atoms with Crippen molar-refractivity contribution in [3.8, 4) is 11.3 Å². The summed E-state index contributed by atoms with van der Waals surface area (Å²) in [4.78, 5) is 21.4. The van der Waals surface area contributed by atoms with E-state index >= 15 is 0 Å². The third-order valence-electron chi connectivity index (χ3n) is 5.82. The predicted molar refractivity (Wildman–Crippen MR) is 137 cm³/mol. The average molecular weight is 534 g/mol. The van der Waals surface area contributed by atoms with Gasteiger partial charge in [0.2, 0.25) is 5.95 Å². The second-order valence-electron chi connectivity index (χ2n) is 9.08. The molecule has 37 heavy (non-hydrogen) atoms. The summed E-state index contributed by atoms with van der Waals surface area (Å²) in [5.74, 6) is -4.21. The van der Waals surface area contributed by atoms with Crippen LogP contribution in [0.1, 0.15) is 32.0 Å². The Balaban J connectivity index is 2.11. The van der Waals surface area contributed by atoms with E-state index in [1.54, 1.807) is 20.9 Å². The van der Waals surface area contributed by atoms with E-state index in [-0.39, 0.29) is 33.8 Å². The van der Waals surface area contributed by atoms with E-state index in [0.717, 1.165) is 12.1 Å². The predicted octanol–water partition coefficient (Wildman–Crippen LogP) is 5.57. The first-order valence-corrected chi connectivity index (χ1v) is 11.8. The van der Waals surface area contributed by atoms with E-state index in [0.29, 0.717) is 0 Å². The Morgan fingerprint density at radius 3 is 2.38 bits per heavy atom. The van der Waals surface area contributed by atoms with E-state index in [9.17, 15) is 27.5 Å². The molecule has 0 bridgehead atoms. The number of rotatable bonds is 8. The highest BCUT2D eigenvalue weighted by atomic mass is 31.0. The Morgan fingerprint density at radius 2 is 1.78 bits per heavy atom. The van der Waals surface area contributed by atoms with E-state index in [4.69, 9.17) is 0 Å². The average Bonchev–Trinajstić information content (AvgIpc) is 2.84. The Labute approximate surface area is 214 Å². The molecule has 11 heteroatoms. The lowest BCUT2D eigenvalue weighted by Gasteiger charge is -2.26. The van der Waals surface area contributed by atoms with Crippen LogP contribution in [0.15, 0.2) is 60.0 Å². The van der Waals surface area contributed by atoms with Crippen molar-refractivity contribution in [2.24, 2.45) is 0 Å². The number of carbonyl (C=O) groups excluding carboxylic acids is 1. The molecule has 0 aliphatic rings. The number of aromatic nitrogens is 2. The molecule has 2 atom stereocenters. The highest BCUT2D eigenvalue weighted by molar-refractivity contribution is 7.18. The maximum absolute atomic E-state index is 14.6. The van der Waals surface area contributed by atoms with Crippen LogP contribution >= 0.6 is 9.24 Å². The first kappa shape index (κ1) is 28.2. The van der Waals surface area contributed by atoms with Crippen LogP contribution in [0.2, 0.25) is 0 Å². The van der Waals surface area contributed by atoms with E-state index in [2.05, 4.69) is 20.6 Å². The standard InChI is InChI=1S/C26H27F4N4O2P/c1-25(2,31-4)23(35)16(12-14-6-5-7-17(27)21(14)29)24(36)33-18-9-10-19(26(3,30)37)34-22(18)15-8-11-20(28)32-13-15/h5-11,13,31,35H,12,37H2,1-4H3,(H,33,36)/b23-16-. The summed E-state index contributed by atoms with van der Waals surface area (Å²) in [6.45, 7) is 4.48. The van der Waals surface area contributed by atoms with Crippen molar-refractivity contribution < 1.29 is 27.5 Å². The first-order chi connectivity index (χ1) is 17.2. The van der Waals surface area contributed by atoms with Crippen LogP contribution in [-0.2, 0) is 16.6 Å². The molecule has 3 aromatic rings. The lowest BCUT2D eigenvalue weighted by Crippen LogP contribution is -2.40. The molecule has 0 spiro atoms.